The highest BCUT2D eigenvalue weighted by atomic mass is 15.3. The number of hydrogen-bond acceptors (Lipinski definition) is 2. The number of hydrogen-bond donors (Lipinski definition) is 1. The fourth-order valence-electron chi connectivity index (χ4n) is 3.76. The summed E-state index contributed by atoms with van der Waals surface area (Å²) in [6, 6.07) is 12.4. The number of nitrogens with one attached hydrogen (secondary N) is 1. The van der Waals surface area contributed by atoms with Gasteiger partial charge in [0.05, 0.1) is 0 Å². The molecule has 1 saturated carbocycles. The summed E-state index contributed by atoms with van der Waals surface area (Å²) in [7, 11) is 0. The van der Waals surface area contributed by atoms with Crippen LogP contribution >= 0.6 is 0 Å². The Morgan fingerprint density at radius 3 is 2.70 bits per heavy atom. The summed E-state index contributed by atoms with van der Waals surface area (Å²) in [5.41, 5.74) is 1.71. The van der Waals surface area contributed by atoms with Gasteiger partial charge in [-0.3, -0.25) is 4.90 Å². The summed E-state index contributed by atoms with van der Waals surface area (Å²) in [4.78, 5) is 2.78. The molecule has 0 aromatic heterocycles. The second kappa shape index (κ2) is 5.50. The molecule has 3 rings (SSSR count). The lowest BCUT2D eigenvalue weighted by Crippen LogP contribution is -2.58. The van der Waals surface area contributed by atoms with Crippen LogP contribution in [0.25, 0.3) is 0 Å². The normalized spacial score (nSPS) is 33.0. The Bertz CT molecular complexity index is 440. The molecule has 1 heterocycles. The van der Waals surface area contributed by atoms with E-state index >= 15 is 0 Å². The van der Waals surface area contributed by atoms with E-state index in [0.717, 1.165) is 25.0 Å². The second-order valence-corrected chi connectivity index (χ2v) is 7.22. The Labute approximate surface area is 123 Å². The molecule has 2 fully saturated rings. The van der Waals surface area contributed by atoms with Crippen molar-refractivity contribution < 1.29 is 0 Å². The zero-order chi connectivity index (χ0) is 14.2. The molecule has 20 heavy (non-hydrogen) atoms. The van der Waals surface area contributed by atoms with Gasteiger partial charge in [0.1, 0.15) is 0 Å². The van der Waals surface area contributed by atoms with Gasteiger partial charge in [-0.15, -0.1) is 0 Å². The minimum Gasteiger partial charge on any atom is -0.309 e. The van der Waals surface area contributed by atoms with E-state index in [2.05, 4.69) is 61.3 Å². The lowest BCUT2D eigenvalue weighted by Gasteiger charge is -2.45. The van der Waals surface area contributed by atoms with Crippen molar-refractivity contribution in [2.24, 2.45) is 5.92 Å². The SMILES string of the molecule is CCCC1CC1N1CC(C)(C)NCC1c1ccccc1. The first kappa shape index (κ1) is 14.1. The van der Waals surface area contributed by atoms with Crippen LogP contribution in [0.1, 0.15) is 51.6 Å². The molecule has 0 radical (unpaired) electrons. The highest BCUT2D eigenvalue weighted by molar-refractivity contribution is 5.22. The predicted molar refractivity (Wildman–Crippen MR) is 84.8 cm³/mol. The topological polar surface area (TPSA) is 15.3 Å². The van der Waals surface area contributed by atoms with E-state index in [1.807, 2.05) is 0 Å². The van der Waals surface area contributed by atoms with Gasteiger partial charge in [0.2, 0.25) is 0 Å². The lowest BCUT2D eigenvalue weighted by molar-refractivity contribution is 0.0818. The van der Waals surface area contributed by atoms with Crippen LogP contribution in [0.5, 0.6) is 0 Å². The molecule has 1 aromatic rings. The third-order valence-electron chi connectivity index (χ3n) is 4.91. The first-order valence-corrected chi connectivity index (χ1v) is 8.16. The molecule has 1 aromatic carbocycles. The number of rotatable bonds is 4. The Kier molecular flexibility index (Phi) is 3.87. The van der Waals surface area contributed by atoms with Crippen molar-refractivity contribution >= 4 is 0 Å². The largest absolute Gasteiger partial charge is 0.309 e. The van der Waals surface area contributed by atoms with E-state index in [0.29, 0.717) is 6.04 Å². The molecule has 2 aliphatic rings. The van der Waals surface area contributed by atoms with E-state index in [1.54, 1.807) is 0 Å². The maximum atomic E-state index is 3.72. The Balaban J connectivity index is 1.78. The molecule has 1 aliphatic carbocycles. The predicted octanol–water partition coefficient (Wildman–Crippen LogP) is 3.60. The average molecular weight is 272 g/mol. The molecule has 1 aliphatic heterocycles. The van der Waals surface area contributed by atoms with Gasteiger partial charge in [-0.2, -0.15) is 0 Å². The molecule has 0 bridgehead atoms. The Hall–Kier alpha value is -0.860. The fraction of sp³-hybridized carbons (Fsp3) is 0.667. The zero-order valence-electron chi connectivity index (χ0n) is 13.1. The molecule has 3 atom stereocenters. The van der Waals surface area contributed by atoms with Gasteiger partial charge in [0, 0.05) is 30.7 Å². The van der Waals surface area contributed by atoms with Crippen LogP contribution in [0, 0.1) is 5.92 Å². The van der Waals surface area contributed by atoms with E-state index in [4.69, 9.17) is 0 Å². The smallest absolute Gasteiger partial charge is 0.0476 e. The van der Waals surface area contributed by atoms with E-state index in [9.17, 15) is 0 Å². The minimum atomic E-state index is 0.241. The molecular weight excluding hydrogens is 244 g/mol. The van der Waals surface area contributed by atoms with Gasteiger partial charge >= 0.3 is 0 Å². The standard InChI is InChI=1S/C18H28N2/c1-4-8-15-11-16(15)20-13-18(2,3)19-12-17(20)14-9-6-5-7-10-14/h5-7,9-10,15-17,19H,4,8,11-13H2,1-3H3. The number of piperazine rings is 1. The van der Waals surface area contributed by atoms with Crippen LogP contribution in [-0.4, -0.2) is 29.6 Å². The van der Waals surface area contributed by atoms with Crippen LogP contribution in [0.4, 0.5) is 0 Å². The van der Waals surface area contributed by atoms with Crippen LogP contribution in [0.2, 0.25) is 0 Å². The molecule has 2 heteroatoms. The van der Waals surface area contributed by atoms with Crippen molar-refractivity contribution in [1.82, 2.24) is 10.2 Å². The van der Waals surface area contributed by atoms with E-state index in [1.165, 1.54) is 24.8 Å². The maximum absolute atomic E-state index is 3.72. The Morgan fingerprint density at radius 1 is 1.25 bits per heavy atom. The molecular formula is C18H28N2. The maximum Gasteiger partial charge on any atom is 0.0476 e. The van der Waals surface area contributed by atoms with Gasteiger partial charge in [-0.25, -0.2) is 0 Å². The highest BCUT2D eigenvalue weighted by Crippen LogP contribution is 2.44. The molecule has 110 valence electrons. The van der Waals surface area contributed by atoms with Gasteiger partial charge in [-0.1, -0.05) is 43.7 Å². The quantitative estimate of drug-likeness (QED) is 0.901. The summed E-state index contributed by atoms with van der Waals surface area (Å²) in [6.07, 6.45) is 4.14. The van der Waals surface area contributed by atoms with Crippen LogP contribution in [0.15, 0.2) is 30.3 Å². The third-order valence-corrected chi connectivity index (χ3v) is 4.91. The van der Waals surface area contributed by atoms with Gasteiger partial charge in [-0.05, 0) is 38.2 Å². The first-order chi connectivity index (χ1) is 9.61. The minimum absolute atomic E-state index is 0.241. The molecule has 0 amide bonds. The second-order valence-electron chi connectivity index (χ2n) is 7.22. The highest BCUT2D eigenvalue weighted by Gasteiger charge is 2.47. The molecule has 3 unspecified atom stereocenters. The third kappa shape index (κ3) is 2.91. The van der Waals surface area contributed by atoms with Crippen LogP contribution in [-0.2, 0) is 0 Å². The van der Waals surface area contributed by atoms with Crippen molar-refractivity contribution in [2.75, 3.05) is 13.1 Å². The molecule has 1 saturated heterocycles. The van der Waals surface area contributed by atoms with Crippen molar-refractivity contribution in [3.05, 3.63) is 35.9 Å². The number of nitrogens with zero attached hydrogens (tertiary/aromatic N) is 1. The summed E-state index contributed by atoms with van der Waals surface area (Å²) < 4.78 is 0. The first-order valence-electron chi connectivity index (χ1n) is 8.16. The lowest BCUT2D eigenvalue weighted by atomic mass is 9.94. The van der Waals surface area contributed by atoms with Gasteiger partial charge < -0.3 is 5.32 Å². The van der Waals surface area contributed by atoms with Crippen LogP contribution in [0.3, 0.4) is 0 Å². The van der Waals surface area contributed by atoms with Crippen molar-refractivity contribution in [1.29, 1.82) is 0 Å². The summed E-state index contributed by atoms with van der Waals surface area (Å²) >= 11 is 0. The molecule has 1 N–H and O–H groups in total. The summed E-state index contributed by atoms with van der Waals surface area (Å²) in [6.45, 7) is 9.21. The average Bonchev–Trinajstić information content (AvgIpc) is 3.18. The zero-order valence-corrected chi connectivity index (χ0v) is 13.1. The van der Waals surface area contributed by atoms with Crippen molar-refractivity contribution in [2.45, 2.75) is 57.7 Å². The summed E-state index contributed by atoms with van der Waals surface area (Å²) in [5.74, 6) is 0.945. The van der Waals surface area contributed by atoms with Gasteiger partial charge in [0.25, 0.3) is 0 Å². The van der Waals surface area contributed by atoms with E-state index in [-0.39, 0.29) is 5.54 Å². The molecule has 2 nitrogen and oxygen atoms in total. The van der Waals surface area contributed by atoms with Crippen molar-refractivity contribution in [3.63, 3.8) is 0 Å². The monoisotopic (exact) mass is 272 g/mol. The number of benzene rings is 1. The van der Waals surface area contributed by atoms with Crippen molar-refractivity contribution in [3.8, 4) is 0 Å². The molecule has 0 spiro atoms. The fourth-order valence-corrected chi connectivity index (χ4v) is 3.76. The van der Waals surface area contributed by atoms with Crippen LogP contribution < -0.4 is 5.32 Å². The van der Waals surface area contributed by atoms with E-state index < -0.39 is 0 Å². The Morgan fingerprint density at radius 2 is 2.00 bits per heavy atom. The van der Waals surface area contributed by atoms with Gasteiger partial charge in [0.15, 0.2) is 0 Å². The summed E-state index contributed by atoms with van der Waals surface area (Å²) in [5, 5.41) is 3.72.